The monoisotopic (exact) mass is 489 g/mol. The molecule has 0 spiro atoms. The molecule has 3 aromatic carbocycles. The predicted octanol–water partition coefficient (Wildman–Crippen LogP) is 5.81. The number of ketones is 1. The Morgan fingerprint density at radius 2 is 1.66 bits per heavy atom. The van der Waals surface area contributed by atoms with Crippen LogP contribution in [0.2, 0.25) is 10.0 Å². The Labute approximate surface area is 185 Å². The van der Waals surface area contributed by atoms with E-state index in [1.165, 1.54) is 17.9 Å². The zero-order chi connectivity index (χ0) is 20.9. The molecule has 1 amide bonds. The SMILES string of the molecule is CC(=O)c1ccc2c(c1)C(=O)N(c1ccc(Cl)cc1Br)C2(O)c1ccc(Cl)cc1. The van der Waals surface area contributed by atoms with Crippen LogP contribution in [0.5, 0.6) is 0 Å². The van der Waals surface area contributed by atoms with E-state index >= 15 is 0 Å². The molecule has 0 aliphatic carbocycles. The Morgan fingerprint density at radius 3 is 2.28 bits per heavy atom. The second-order valence-electron chi connectivity index (χ2n) is 6.73. The molecule has 4 nitrogen and oxygen atoms in total. The first-order valence-electron chi connectivity index (χ1n) is 8.67. The molecule has 0 bridgehead atoms. The van der Waals surface area contributed by atoms with Gasteiger partial charge in [-0.05, 0) is 59.3 Å². The average Bonchev–Trinajstić information content (AvgIpc) is 2.90. The first-order chi connectivity index (χ1) is 13.7. The summed E-state index contributed by atoms with van der Waals surface area (Å²) in [6.45, 7) is 1.43. The number of anilines is 1. The molecule has 1 aliphatic rings. The molecule has 0 radical (unpaired) electrons. The standard InChI is InChI=1S/C22H14BrCl2NO3/c1-12(27)13-2-8-18-17(10-13)21(28)26(20-9-7-16(25)11-19(20)23)22(18,29)14-3-5-15(24)6-4-14/h2-11,29H,1H3. The highest BCUT2D eigenvalue weighted by atomic mass is 79.9. The van der Waals surface area contributed by atoms with Crippen molar-refractivity contribution in [3.63, 3.8) is 0 Å². The van der Waals surface area contributed by atoms with Gasteiger partial charge in [0.15, 0.2) is 11.5 Å². The van der Waals surface area contributed by atoms with E-state index in [1.54, 1.807) is 54.6 Å². The van der Waals surface area contributed by atoms with Crippen LogP contribution in [-0.2, 0) is 5.72 Å². The molecular formula is C22H14BrCl2NO3. The van der Waals surface area contributed by atoms with Gasteiger partial charge < -0.3 is 5.11 Å². The summed E-state index contributed by atoms with van der Waals surface area (Å²) in [5.41, 5.74) is 0.160. The molecule has 1 unspecified atom stereocenters. The van der Waals surface area contributed by atoms with E-state index in [0.717, 1.165) is 0 Å². The Bertz CT molecular complexity index is 1160. The third-order valence-electron chi connectivity index (χ3n) is 4.96. The van der Waals surface area contributed by atoms with Crippen molar-refractivity contribution in [3.8, 4) is 0 Å². The molecule has 0 saturated heterocycles. The van der Waals surface area contributed by atoms with Crippen LogP contribution in [0.3, 0.4) is 0 Å². The van der Waals surface area contributed by atoms with Crippen molar-refractivity contribution in [2.24, 2.45) is 0 Å². The molecule has 1 N–H and O–H groups in total. The molecule has 3 aromatic rings. The number of carbonyl (C=O) groups excluding carboxylic acids is 2. The number of aliphatic hydroxyl groups is 1. The summed E-state index contributed by atoms with van der Waals surface area (Å²) in [7, 11) is 0. The lowest BCUT2D eigenvalue weighted by Crippen LogP contribution is -2.45. The smallest absolute Gasteiger partial charge is 0.261 e. The van der Waals surface area contributed by atoms with Crippen molar-refractivity contribution >= 4 is 56.5 Å². The number of hydrogen-bond donors (Lipinski definition) is 1. The van der Waals surface area contributed by atoms with Gasteiger partial charge in [-0.2, -0.15) is 0 Å². The van der Waals surface area contributed by atoms with Gasteiger partial charge in [-0.1, -0.05) is 47.5 Å². The molecule has 0 fully saturated rings. The number of hydrogen-bond acceptors (Lipinski definition) is 3. The quantitative estimate of drug-likeness (QED) is 0.471. The second-order valence-corrected chi connectivity index (χ2v) is 8.46. The normalized spacial score (nSPS) is 18.1. The van der Waals surface area contributed by atoms with Crippen LogP contribution in [0.1, 0.15) is 38.8 Å². The zero-order valence-electron chi connectivity index (χ0n) is 15.1. The van der Waals surface area contributed by atoms with Gasteiger partial charge in [0.25, 0.3) is 5.91 Å². The van der Waals surface area contributed by atoms with Crippen molar-refractivity contribution in [2.45, 2.75) is 12.6 Å². The summed E-state index contributed by atoms with van der Waals surface area (Å²) in [5.74, 6) is -0.592. The maximum Gasteiger partial charge on any atom is 0.261 e. The minimum absolute atomic E-state index is 0.165. The van der Waals surface area contributed by atoms with Crippen molar-refractivity contribution in [1.82, 2.24) is 0 Å². The number of carbonyl (C=O) groups is 2. The van der Waals surface area contributed by atoms with Gasteiger partial charge in [0.05, 0.1) is 5.69 Å². The Hall–Kier alpha value is -2.18. The number of rotatable bonds is 3. The van der Waals surface area contributed by atoms with Crippen molar-refractivity contribution in [3.05, 3.63) is 97.4 Å². The van der Waals surface area contributed by atoms with E-state index in [4.69, 9.17) is 23.2 Å². The summed E-state index contributed by atoms with van der Waals surface area (Å²) in [6, 6.07) is 16.3. The largest absolute Gasteiger partial charge is 0.363 e. The van der Waals surface area contributed by atoms with Gasteiger partial charge in [0.2, 0.25) is 0 Å². The van der Waals surface area contributed by atoms with Gasteiger partial charge >= 0.3 is 0 Å². The van der Waals surface area contributed by atoms with Crippen LogP contribution in [-0.4, -0.2) is 16.8 Å². The minimum Gasteiger partial charge on any atom is -0.363 e. The fourth-order valence-corrected chi connectivity index (χ4v) is 4.53. The maximum atomic E-state index is 13.4. The van der Waals surface area contributed by atoms with Gasteiger partial charge in [0.1, 0.15) is 0 Å². The minimum atomic E-state index is -1.79. The third kappa shape index (κ3) is 3.19. The number of halogens is 3. The van der Waals surface area contributed by atoms with E-state index in [-0.39, 0.29) is 11.3 Å². The molecule has 1 aliphatic heterocycles. The fraction of sp³-hybridized carbons (Fsp3) is 0.0909. The van der Waals surface area contributed by atoms with Crippen molar-refractivity contribution in [1.29, 1.82) is 0 Å². The van der Waals surface area contributed by atoms with E-state index < -0.39 is 11.6 Å². The maximum absolute atomic E-state index is 13.4. The lowest BCUT2D eigenvalue weighted by Gasteiger charge is -2.35. The summed E-state index contributed by atoms with van der Waals surface area (Å²) in [5, 5.41) is 12.9. The van der Waals surface area contributed by atoms with Crippen molar-refractivity contribution < 1.29 is 14.7 Å². The first-order valence-corrected chi connectivity index (χ1v) is 10.2. The van der Waals surface area contributed by atoms with Gasteiger partial charge in [0, 0.05) is 36.8 Å². The summed E-state index contributed by atoms with van der Waals surface area (Å²) < 4.78 is 0.547. The number of amides is 1. The van der Waals surface area contributed by atoms with Crippen LogP contribution in [0.15, 0.2) is 65.1 Å². The highest BCUT2D eigenvalue weighted by Crippen LogP contribution is 2.47. The average molecular weight is 491 g/mol. The van der Waals surface area contributed by atoms with Crippen LogP contribution < -0.4 is 4.90 Å². The summed E-state index contributed by atoms with van der Waals surface area (Å²) in [6.07, 6.45) is 0. The Kier molecular flexibility index (Phi) is 5.03. The number of benzene rings is 3. The summed E-state index contributed by atoms with van der Waals surface area (Å²) in [4.78, 5) is 26.6. The van der Waals surface area contributed by atoms with E-state index in [1.807, 2.05) is 0 Å². The van der Waals surface area contributed by atoms with Crippen LogP contribution in [0.4, 0.5) is 5.69 Å². The molecular weight excluding hydrogens is 477 g/mol. The van der Waals surface area contributed by atoms with Crippen LogP contribution in [0.25, 0.3) is 0 Å². The van der Waals surface area contributed by atoms with Gasteiger partial charge in [-0.15, -0.1) is 0 Å². The van der Waals surface area contributed by atoms with E-state index in [0.29, 0.717) is 36.9 Å². The summed E-state index contributed by atoms with van der Waals surface area (Å²) >= 11 is 15.5. The molecule has 1 atom stereocenters. The molecule has 7 heteroatoms. The van der Waals surface area contributed by atoms with Crippen LogP contribution >= 0.6 is 39.1 Å². The van der Waals surface area contributed by atoms with E-state index in [9.17, 15) is 14.7 Å². The fourth-order valence-electron chi connectivity index (χ4n) is 3.55. The lowest BCUT2D eigenvalue weighted by molar-refractivity contribution is 0.0702. The lowest BCUT2D eigenvalue weighted by atomic mass is 9.92. The zero-order valence-corrected chi connectivity index (χ0v) is 18.2. The molecule has 4 rings (SSSR count). The molecule has 0 saturated carbocycles. The number of fused-ring (bicyclic) bond motifs is 1. The molecule has 0 aromatic heterocycles. The van der Waals surface area contributed by atoms with E-state index in [2.05, 4.69) is 15.9 Å². The molecule has 29 heavy (non-hydrogen) atoms. The predicted molar refractivity (Wildman–Crippen MR) is 117 cm³/mol. The van der Waals surface area contributed by atoms with Crippen LogP contribution in [0, 0.1) is 0 Å². The number of nitrogens with zero attached hydrogens (tertiary/aromatic N) is 1. The number of Topliss-reactive ketones (excluding diaryl/α,β-unsaturated/α-hetero) is 1. The third-order valence-corrected chi connectivity index (χ3v) is 6.08. The molecule has 1 heterocycles. The Balaban J connectivity index is 2.01. The highest BCUT2D eigenvalue weighted by molar-refractivity contribution is 9.10. The second kappa shape index (κ2) is 7.26. The highest BCUT2D eigenvalue weighted by Gasteiger charge is 2.51. The molecule has 146 valence electrons. The van der Waals surface area contributed by atoms with Gasteiger partial charge in [-0.3, -0.25) is 14.5 Å². The topological polar surface area (TPSA) is 57.6 Å². The van der Waals surface area contributed by atoms with Crippen molar-refractivity contribution in [2.75, 3.05) is 4.90 Å². The first kappa shape index (κ1) is 20.1. The Morgan fingerprint density at radius 1 is 1.00 bits per heavy atom. The van der Waals surface area contributed by atoms with Gasteiger partial charge in [-0.25, -0.2) is 0 Å².